The van der Waals surface area contributed by atoms with Gasteiger partial charge in [0.25, 0.3) is 5.91 Å². The number of nitrogens with zero attached hydrogens (tertiary/aromatic N) is 1. The summed E-state index contributed by atoms with van der Waals surface area (Å²) in [7, 11) is 0. The molecule has 23 heavy (non-hydrogen) atoms. The Bertz CT molecular complexity index is 712. The first-order chi connectivity index (χ1) is 11.1. The number of hydrogen-bond donors (Lipinski definition) is 0. The summed E-state index contributed by atoms with van der Waals surface area (Å²) < 4.78 is 18.9. The molecule has 0 unspecified atom stereocenters. The Morgan fingerprint density at radius 1 is 1.26 bits per heavy atom. The molecule has 1 aliphatic rings. The standard InChI is InChI=1S/C19H20FNO2/c1-3-23-17-9-6-14(7-10-17)19(22)21-13(2)4-5-15-12-16(20)8-11-18(15)21/h6-13H,3-5H2,1-2H3/t13-/m1/s1. The van der Waals surface area contributed by atoms with Gasteiger partial charge in [-0.15, -0.1) is 0 Å². The van der Waals surface area contributed by atoms with Crippen molar-refractivity contribution < 1.29 is 13.9 Å². The van der Waals surface area contributed by atoms with E-state index >= 15 is 0 Å². The fourth-order valence-corrected chi connectivity index (χ4v) is 3.03. The zero-order valence-corrected chi connectivity index (χ0v) is 13.4. The fraction of sp³-hybridized carbons (Fsp3) is 0.316. The number of fused-ring (bicyclic) bond motifs is 1. The highest BCUT2D eigenvalue weighted by Gasteiger charge is 2.29. The number of anilines is 1. The molecule has 0 aliphatic carbocycles. The minimum Gasteiger partial charge on any atom is -0.494 e. The average Bonchev–Trinajstić information content (AvgIpc) is 2.55. The van der Waals surface area contributed by atoms with Crippen LogP contribution in [0.4, 0.5) is 10.1 Å². The lowest BCUT2D eigenvalue weighted by atomic mass is 9.95. The highest BCUT2D eigenvalue weighted by Crippen LogP contribution is 2.32. The van der Waals surface area contributed by atoms with Gasteiger partial charge in [-0.05, 0) is 74.7 Å². The van der Waals surface area contributed by atoms with Crippen molar-refractivity contribution in [3.05, 3.63) is 59.4 Å². The molecule has 0 saturated carbocycles. The van der Waals surface area contributed by atoms with E-state index in [1.54, 1.807) is 35.2 Å². The SMILES string of the molecule is CCOc1ccc(C(=O)N2c3ccc(F)cc3CC[C@H]2C)cc1. The van der Waals surface area contributed by atoms with E-state index in [9.17, 15) is 9.18 Å². The number of benzene rings is 2. The van der Waals surface area contributed by atoms with Crippen LogP contribution in [0, 0.1) is 5.82 Å². The maximum absolute atomic E-state index is 13.4. The molecule has 0 radical (unpaired) electrons. The largest absolute Gasteiger partial charge is 0.494 e. The Morgan fingerprint density at radius 2 is 2.00 bits per heavy atom. The summed E-state index contributed by atoms with van der Waals surface area (Å²) in [6, 6.07) is 11.9. The van der Waals surface area contributed by atoms with Gasteiger partial charge in [-0.25, -0.2) is 4.39 Å². The van der Waals surface area contributed by atoms with Crippen molar-refractivity contribution >= 4 is 11.6 Å². The molecule has 1 atom stereocenters. The van der Waals surface area contributed by atoms with Crippen LogP contribution in [0.3, 0.4) is 0 Å². The van der Waals surface area contributed by atoms with Crippen LogP contribution in [0.1, 0.15) is 36.2 Å². The number of carbonyl (C=O) groups is 1. The van der Waals surface area contributed by atoms with Crippen molar-refractivity contribution in [1.82, 2.24) is 0 Å². The molecule has 4 heteroatoms. The van der Waals surface area contributed by atoms with E-state index in [1.165, 1.54) is 12.1 Å². The molecule has 2 aromatic carbocycles. The van der Waals surface area contributed by atoms with Crippen LogP contribution in [0.5, 0.6) is 5.75 Å². The van der Waals surface area contributed by atoms with E-state index in [1.807, 2.05) is 13.8 Å². The summed E-state index contributed by atoms with van der Waals surface area (Å²) in [5.74, 6) is 0.429. The van der Waals surface area contributed by atoms with E-state index in [4.69, 9.17) is 4.74 Å². The number of rotatable bonds is 3. The summed E-state index contributed by atoms with van der Waals surface area (Å²) in [4.78, 5) is 14.7. The molecule has 120 valence electrons. The van der Waals surface area contributed by atoms with E-state index in [0.717, 1.165) is 29.8 Å². The molecule has 0 aromatic heterocycles. The van der Waals surface area contributed by atoms with Gasteiger partial charge < -0.3 is 9.64 Å². The third kappa shape index (κ3) is 3.07. The first kappa shape index (κ1) is 15.5. The molecule has 1 aliphatic heterocycles. The molecule has 0 spiro atoms. The summed E-state index contributed by atoms with van der Waals surface area (Å²) in [5.41, 5.74) is 2.31. The Balaban J connectivity index is 1.92. The smallest absolute Gasteiger partial charge is 0.258 e. The fourth-order valence-electron chi connectivity index (χ4n) is 3.03. The van der Waals surface area contributed by atoms with Gasteiger partial charge in [-0.3, -0.25) is 4.79 Å². The third-order valence-electron chi connectivity index (χ3n) is 4.20. The Hall–Kier alpha value is -2.36. The van der Waals surface area contributed by atoms with E-state index in [0.29, 0.717) is 12.2 Å². The first-order valence-electron chi connectivity index (χ1n) is 7.95. The van der Waals surface area contributed by atoms with Crippen molar-refractivity contribution in [2.75, 3.05) is 11.5 Å². The lowest BCUT2D eigenvalue weighted by molar-refractivity contribution is 0.0975. The van der Waals surface area contributed by atoms with Crippen LogP contribution in [-0.2, 0) is 6.42 Å². The predicted octanol–water partition coefficient (Wildman–Crippen LogP) is 4.21. The number of carbonyl (C=O) groups excluding carboxylic acids is 1. The average molecular weight is 313 g/mol. The number of hydrogen-bond acceptors (Lipinski definition) is 2. The number of ether oxygens (including phenoxy) is 1. The van der Waals surface area contributed by atoms with Gasteiger partial charge in [0, 0.05) is 17.3 Å². The molecule has 3 rings (SSSR count). The monoisotopic (exact) mass is 313 g/mol. The van der Waals surface area contributed by atoms with E-state index in [-0.39, 0.29) is 17.8 Å². The lowest BCUT2D eigenvalue weighted by Crippen LogP contribution is -2.42. The van der Waals surface area contributed by atoms with Crippen LogP contribution in [0.25, 0.3) is 0 Å². The summed E-state index contributed by atoms with van der Waals surface area (Å²) >= 11 is 0. The third-order valence-corrected chi connectivity index (χ3v) is 4.20. The second kappa shape index (κ2) is 6.41. The molecule has 0 N–H and O–H groups in total. The number of aryl methyl sites for hydroxylation is 1. The molecule has 0 saturated heterocycles. The predicted molar refractivity (Wildman–Crippen MR) is 88.6 cm³/mol. The first-order valence-corrected chi connectivity index (χ1v) is 7.95. The molecule has 1 heterocycles. The second-order valence-electron chi connectivity index (χ2n) is 5.79. The molecular formula is C19H20FNO2. The summed E-state index contributed by atoms with van der Waals surface area (Å²) in [6.07, 6.45) is 1.63. The Morgan fingerprint density at radius 3 is 2.70 bits per heavy atom. The van der Waals surface area contributed by atoms with Gasteiger partial charge in [0.1, 0.15) is 11.6 Å². The van der Waals surface area contributed by atoms with Crippen molar-refractivity contribution in [1.29, 1.82) is 0 Å². The molecular weight excluding hydrogens is 293 g/mol. The Labute approximate surface area is 135 Å². The normalized spacial score (nSPS) is 16.8. The van der Waals surface area contributed by atoms with Gasteiger partial charge in [0.15, 0.2) is 0 Å². The second-order valence-corrected chi connectivity index (χ2v) is 5.79. The number of amides is 1. The minimum atomic E-state index is -0.258. The van der Waals surface area contributed by atoms with Crippen LogP contribution in [0.2, 0.25) is 0 Å². The van der Waals surface area contributed by atoms with Crippen LogP contribution < -0.4 is 9.64 Å². The summed E-state index contributed by atoms with van der Waals surface area (Å²) in [6.45, 7) is 4.54. The van der Waals surface area contributed by atoms with Crippen molar-refractivity contribution in [2.24, 2.45) is 0 Å². The summed E-state index contributed by atoms with van der Waals surface area (Å²) in [5, 5.41) is 0. The highest BCUT2D eigenvalue weighted by molar-refractivity contribution is 6.07. The quantitative estimate of drug-likeness (QED) is 0.849. The molecule has 3 nitrogen and oxygen atoms in total. The van der Waals surface area contributed by atoms with Crippen LogP contribution >= 0.6 is 0 Å². The van der Waals surface area contributed by atoms with Crippen molar-refractivity contribution in [3.8, 4) is 5.75 Å². The Kier molecular flexibility index (Phi) is 4.33. The van der Waals surface area contributed by atoms with Crippen molar-refractivity contribution in [2.45, 2.75) is 32.7 Å². The maximum atomic E-state index is 13.4. The van der Waals surface area contributed by atoms with Crippen LogP contribution in [-0.4, -0.2) is 18.6 Å². The van der Waals surface area contributed by atoms with E-state index < -0.39 is 0 Å². The lowest BCUT2D eigenvalue weighted by Gasteiger charge is -2.35. The van der Waals surface area contributed by atoms with Gasteiger partial charge in [0.2, 0.25) is 0 Å². The van der Waals surface area contributed by atoms with Gasteiger partial charge in [-0.1, -0.05) is 0 Å². The van der Waals surface area contributed by atoms with E-state index in [2.05, 4.69) is 0 Å². The van der Waals surface area contributed by atoms with Gasteiger partial charge in [-0.2, -0.15) is 0 Å². The molecule has 0 fully saturated rings. The molecule has 1 amide bonds. The highest BCUT2D eigenvalue weighted by atomic mass is 19.1. The number of halogens is 1. The maximum Gasteiger partial charge on any atom is 0.258 e. The zero-order chi connectivity index (χ0) is 16.4. The zero-order valence-electron chi connectivity index (χ0n) is 13.4. The van der Waals surface area contributed by atoms with Crippen LogP contribution in [0.15, 0.2) is 42.5 Å². The topological polar surface area (TPSA) is 29.5 Å². The van der Waals surface area contributed by atoms with Gasteiger partial charge in [0.05, 0.1) is 6.61 Å². The van der Waals surface area contributed by atoms with Gasteiger partial charge >= 0.3 is 0 Å². The van der Waals surface area contributed by atoms with Crippen molar-refractivity contribution in [3.63, 3.8) is 0 Å². The minimum absolute atomic E-state index is 0.0619. The molecule has 2 aromatic rings. The molecule has 0 bridgehead atoms.